The molecular formula is C15H22O2. The Morgan fingerprint density at radius 1 is 1.12 bits per heavy atom. The number of rotatable bonds is 2. The van der Waals surface area contributed by atoms with Gasteiger partial charge in [-0.15, -0.1) is 0 Å². The first-order valence-electron chi connectivity index (χ1n) is 6.51. The third kappa shape index (κ3) is 2.19. The van der Waals surface area contributed by atoms with Gasteiger partial charge < -0.3 is 10.2 Å². The standard InChI is InChI=1S/C15H22O2/c1-11-8-12(2)14(17)13(9-11)15(10-16)6-4-3-5-7-15/h8-9,16-17H,3-7,10H2,1-2H3. The second-order valence-electron chi connectivity index (χ2n) is 5.48. The van der Waals surface area contributed by atoms with Gasteiger partial charge in [0.25, 0.3) is 0 Å². The Morgan fingerprint density at radius 2 is 1.76 bits per heavy atom. The van der Waals surface area contributed by atoms with Gasteiger partial charge in [-0.1, -0.05) is 37.0 Å². The molecule has 1 aromatic carbocycles. The van der Waals surface area contributed by atoms with Crippen LogP contribution in [0.4, 0.5) is 0 Å². The van der Waals surface area contributed by atoms with Crippen LogP contribution in [0, 0.1) is 13.8 Å². The molecular weight excluding hydrogens is 212 g/mol. The predicted octanol–water partition coefficient (Wildman–Crippen LogP) is 3.20. The van der Waals surface area contributed by atoms with Crippen molar-refractivity contribution < 1.29 is 10.2 Å². The van der Waals surface area contributed by atoms with Crippen molar-refractivity contribution in [3.05, 3.63) is 28.8 Å². The quantitative estimate of drug-likeness (QED) is 0.825. The van der Waals surface area contributed by atoms with Crippen LogP contribution in [-0.2, 0) is 5.41 Å². The third-order valence-electron chi connectivity index (χ3n) is 4.13. The van der Waals surface area contributed by atoms with E-state index in [4.69, 9.17) is 0 Å². The van der Waals surface area contributed by atoms with Crippen LogP contribution in [0.5, 0.6) is 5.75 Å². The van der Waals surface area contributed by atoms with Crippen molar-refractivity contribution in [3.63, 3.8) is 0 Å². The van der Waals surface area contributed by atoms with E-state index in [9.17, 15) is 10.2 Å². The fraction of sp³-hybridized carbons (Fsp3) is 0.600. The molecule has 1 fully saturated rings. The molecule has 94 valence electrons. The molecule has 1 aliphatic rings. The summed E-state index contributed by atoms with van der Waals surface area (Å²) in [6.45, 7) is 4.12. The van der Waals surface area contributed by atoms with E-state index < -0.39 is 0 Å². The molecule has 2 rings (SSSR count). The number of hydrogen-bond donors (Lipinski definition) is 2. The van der Waals surface area contributed by atoms with Gasteiger partial charge in [-0.3, -0.25) is 0 Å². The second-order valence-corrected chi connectivity index (χ2v) is 5.48. The lowest BCUT2D eigenvalue weighted by Gasteiger charge is -2.37. The molecule has 0 heterocycles. The van der Waals surface area contributed by atoms with E-state index in [0.717, 1.165) is 42.4 Å². The van der Waals surface area contributed by atoms with Crippen molar-refractivity contribution in [1.82, 2.24) is 0 Å². The lowest BCUT2D eigenvalue weighted by Crippen LogP contribution is -2.33. The van der Waals surface area contributed by atoms with Gasteiger partial charge >= 0.3 is 0 Å². The fourth-order valence-electron chi connectivity index (χ4n) is 3.11. The zero-order valence-electron chi connectivity index (χ0n) is 10.8. The number of phenols is 1. The van der Waals surface area contributed by atoms with E-state index in [1.54, 1.807) is 0 Å². The molecule has 1 saturated carbocycles. The molecule has 2 nitrogen and oxygen atoms in total. The van der Waals surface area contributed by atoms with Crippen molar-refractivity contribution in [1.29, 1.82) is 0 Å². The number of phenolic OH excluding ortho intramolecular Hbond substituents is 1. The minimum atomic E-state index is -0.209. The Labute approximate surface area is 103 Å². The van der Waals surface area contributed by atoms with E-state index >= 15 is 0 Å². The third-order valence-corrected chi connectivity index (χ3v) is 4.13. The van der Waals surface area contributed by atoms with E-state index in [1.807, 2.05) is 26.0 Å². The van der Waals surface area contributed by atoms with Crippen molar-refractivity contribution in [2.75, 3.05) is 6.61 Å². The summed E-state index contributed by atoms with van der Waals surface area (Å²) in [7, 11) is 0. The summed E-state index contributed by atoms with van der Waals surface area (Å²) in [6.07, 6.45) is 5.51. The molecule has 17 heavy (non-hydrogen) atoms. The summed E-state index contributed by atoms with van der Waals surface area (Å²) in [4.78, 5) is 0. The number of aliphatic hydroxyl groups is 1. The summed E-state index contributed by atoms with van der Waals surface area (Å²) in [5.41, 5.74) is 2.82. The summed E-state index contributed by atoms with van der Waals surface area (Å²) in [5.74, 6) is 0.381. The number of aliphatic hydroxyl groups excluding tert-OH is 1. The van der Waals surface area contributed by atoms with E-state index in [-0.39, 0.29) is 12.0 Å². The molecule has 1 aliphatic carbocycles. The minimum Gasteiger partial charge on any atom is -0.507 e. The van der Waals surface area contributed by atoms with Gasteiger partial charge in [0.05, 0.1) is 6.61 Å². The average molecular weight is 234 g/mol. The lowest BCUT2D eigenvalue weighted by atomic mass is 9.69. The van der Waals surface area contributed by atoms with E-state index in [0.29, 0.717) is 5.75 Å². The van der Waals surface area contributed by atoms with E-state index in [1.165, 1.54) is 6.42 Å². The van der Waals surface area contributed by atoms with Gasteiger partial charge in [-0.05, 0) is 32.3 Å². The minimum absolute atomic E-state index is 0.142. The number of aryl methyl sites for hydroxylation is 2. The van der Waals surface area contributed by atoms with Crippen molar-refractivity contribution >= 4 is 0 Å². The molecule has 2 N–H and O–H groups in total. The summed E-state index contributed by atoms with van der Waals surface area (Å²) in [6, 6.07) is 4.04. The fourth-order valence-corrected chi connectivity index (χ4v) is 3.11. The summed E-state index contributed by atoms with van der Waals surface area (Å²) >= 11 is 0. The Hall–Kier alpha value is -1.02. The topological polar surface area (TPSA) is 40.5 Å². The first kappa shape index (κ1) is 12.4. The van der Waals surface area contributed by atoms with Crippen LogP contribution in [-0.4, -0.2) is 16.8 Å². The maximum atomic E-state index is 10.3. The predicted molar refractivity (Wildman–Crippen MR) is 69.4 cm³/mol. The van der Waals surface area contributed by atoms with Crippen LogP contribution in [0.1, 0.15) is 48.8 Å². The SMILES string of the molecule is Cc1cc(C)c(O)c(C2(CO)CCCCC2)c1. The van der Waals surface area contributed by atoms with Gasteiger partial charge in [0.1, 0.15) is 5.75 Å². The highest BCUT2D eigenvalue weighted by Crippen LogP contribution is 2.43. The van der Waals surface area contributed by atoms with Crippen LogP contribution in [0.3, 0.4) is 0 Å². The number of aromatic hydroxyl groups is 1. The highest BCUT2D eigenvalue weighted by Gasteiger charge is 2.35. The van der Waals surface area contributed by atoms with Crippen LogP contribution < -0.4 is 0 Å². The molecule has 0 atom stereocenters. The molecule has 0 spiro atoms. The maximum absolute atomic E-state index is 10.3. The molecule has 2 heteroatoms. The van der Waals surface area contributed by atoms with Gasteiger partial charge in [0.15, 0.2) is 0 Å². The zero-order valence-corrected chi connectivity index (χ0v) is 10.8. The maximum Gasteiger partial charge on any atom is 0.122 e. The number of hydrogen-bond acceptors (Lipinski definition) is 2. The first-order valence-corrected chi connectivity index (χ1v) is 6.51. The van der Waals surface area contributed by atoms with Crippen molar-refractivity contribution in [2.45, 2.75) is 51.4 Å². The smallest absolute Gasteiger partial charge is 0.122 e. The molecule has 0 amide bonds. The van der Waals surface area contributed by atoms with Crippen LogP contribution in [0.2, 0.25) is 0 Å². The van der Waals surface area contributed by atoms with Crippen molar-refractivity contribution in [3.8, 4) is 5.75 Å². The second kappa shape index (κ2) is 4.69. The zero-order chi connectivity index (χ0) is 12.5. The largest absolute Gasteiger partial charge is 0.507 e. The first-order chi connectivity index (χ1) is 8.09. The Bertz CT molecular complexity index is 404. The molecule has 0 aliphatic heterocycles. The average Bonchev–Trinajstić information content (AvgIpc) is 2.34. The molecule has 0 radical (unpaired) electrons. The van der Waals surface area contributed by atoms with Crippen molar-refractivity contribution in [2.24, 2.45) is 0 Å². The van der Waals surface area contributed by atoms with Crippen LogP contribution in [0.25, 0.3) is 0 Å². The normalized spacial score (nSPS) is 19.2. The number of benzene rings is 1. The van der Waals surface area contributed by atoms with Gasteiger partial charge in [0, 0.05) is 11.0 Å². The summed E-state index contributed by atoms with van der Waals surface area (Å²) < 4.78 is 0. The Morgan fingerprint density at radius 3 is 2.35 bits per heavy atom. The molecule has 0 aromatic heterocycles. The van der Waals surface area contributed by atoms with Gasteiger partial charge in [0.2, 0.25) is 0 Å². The molecule has 0 unspecified atom stereocenters. The highest BCUT2D eigenvalue weighted by atomic mass is 16.3. The van der Waals surface area contributed by atoms with Gasteiger partial charge in [-0.25, -0.2) is 0 Å². The lowest BCUT2D eigenvalue weighted by molar-refractivity contribution is 0.149. The van der Waals surface area contributed by atoms with Crippen LogP contribution in [0.15, 0.2) is 12.1 Å². The molecule has 0 saturated heterocycles. The highest BCUT2D eigenvalue weighted by molar-refractivity contribution is 5.47. The van der Waals surface area contributed by atoms with Crippen LogP contribution >= 0.6 is 0 Å². The Balaban J connectivity index is 2.49. The Kier molecular flexibility index (Phi) is 3.43. The monoisotopic (exact) mass is 234 g/mol. The molecule has 0 bridgehead atoms. The molecule has 1 aromatic rings. The summed E-state index contributed by atoms with van der Waals surface area (Å²) in [5, 5.41) is 20.0. The van der Waals surface area contributed by atoms with Gasteiger partial charge in [-0.2, -0.15) is 0 Å². The van der Waals surface area contributed by atoms with E-state index in [2.05, 4.69) is 0 Å².